The molecule has 0 spiro atoms. The van der Waals surface area contributed by atoms with Crippen LogP contribution in [0.4, 0.5) is 0 Å². The molecule has 0 atom stereocenters. The van der Waals surface area contributed by atoms with Gasteiger partial charge in [-0.3, -0.25) is 0 Å². The van der Waals surface area contributed by atoms with Gasteiger partial charge in [-0.05, 0) is 54.8 Å². The standard InChI is InChI=1S/C10H13Cl2N3O/c1-6-2-4-7(5-3-6)16-10-14-8(11)13-9(12)15-10/h6-7H,2-5H2,1H3. The Labute approximate surface area is 104 Å². The van der Waals surface area contributed by atoms with Crippen molar-refractivity contribution in [3.8, 4) is 6.01 Å². The lowest BCUT2D eigenvalue weighted by Gasteiger charge is -2.25. The van der Waals surface area contributed by atoms with Crippen molar-refractivity contribution in [2.75, 3.05) is 0 Å². The number of hydrogen-bond acceptors (Lipinski definition) is 4. The average Bonchev–Trinajstić information content (AvgIpc) is 2.20. The van der Waals surface area contributed by atoms with Gasteiger partial charge in [-0.25, -0.2) is 0 Å². The van der Waals surface area contributed by atoms with Crippen LogP contribution in [-0.4, -0.2) is 21.1 Å². The Morgan fingerprint density at radius 3 is 2.12 bits per heavy atom. The Hall–Kier alpha value is -0.610. The van der Waals surface area contributed by atoms with Crippen LogP contribution in [-0.2, 0) is 0 Å². The molecule has 1 heterocycles. The summed E-state index contributed by atoms with van der Waals surface area (Å²) in [6, 6.07) is 0.226. The summed E-state index contributed by atoms with van der Waals surface area (Å²) in [6.45, 7) is 2.26. The van der Waals surface area contributed by atoms with E-state index >= 15 is 0 Å². The van der Waals surface area contributed by atoms with Crippen molar-refractivity contribution in [1.82, 2.24) is 15.0 Å². The molecule has 88 valence electrons. The first kappa shape index (κ1) is 11.9. The zero-order valence-electron chi connectivity index (χ0n) is 8.99. The molecular formula is C10H13Cl2N3O. The molecule has 0 bridgehead atoms. The molecule has 0 N–H and O–H groups in total. The van der Waals surface area contributed by atoms with Crippen LogP contribution in [0.25, 0.3) is 0 Å². The average molecular weight is 262 g/mol. The van der Waals surface area contributed by atoms with Crippen LogP contribution in [0.5, 0.6) is 6.01 Å². The molecule has 1 saturated carbocycles. The second kappa shape index (κ2) is 5.15. The normalized spacial score (nSPS) is 25.4. The zero-order chi connectivity index (χ0) is 11.5. The summed E-state index contributed by atoms with van der Waals surface area (Å²) in [6.07, 6.45) is 4.59. The molecule has 0 radical (unpaired) electrons. The lowest BCUT2D eigenvalue weighted by atomic mass is 9.89. The summed E-state index contributed by atoms with van der Waals surface area (Å²) in [5.41, 5.74) is 0. The van der Waals surface area contributed by atoms with Gasteiger partial charge in [0.1, 0.15) is 6.10 Å². The van der Waals surface area contributed by atoms with Gasteiger partial charge in [0.25, 0.3) is 0 Å². The molecule has 6 heteroatoms. The van der Waals surface area contributed by atoms with Crippen LogP contribution in [0.3, 0.4) is 0 Å². The first-order valence-corrected chi connectivity index (χ1v) is 6.13. The van der Waals surface area contributed by atoms with E-state index in [0.29, 0.717) is 0 Å². The van der Waals surface area contributed by atoms with Gasteiger partial charge in [0.2, 0.25) is 10.6 Å². The second-order valence-electron chi connectivity index (χ2n) is 4.16. The predicted molar refractivity (Wildman–Crippen MR) is 61.9 cm³/mol. The second-order valence-corrected chi connectivity index (χ2v) is 4.83. The highest BCUT2D eigenvalue weighted by Crippen LogP contribution is 2.26. The SMILES string of the molecule is CC1CCC(Oc2nc(Cl)nc(Cl)n2)CC1. The monoisotopic (exact) mass is 261 g/mol. The number of halogens is 2. The maximum Gasteiger partial charge on any atom is 0.322 e. The largest absolute Gasteiger partial charge is 0.460 e. The molecule has 1 aromatic rings. The lowest BCUT2D eigenvalue weighted by Crippen LogP contribution is -2.24. The molecule has 1 fully saturated rings. The van der Waals surface area contributed by atoms with Crippen molar-refractivity contribution in [1.29, 1.82) is 0 Å². The quantitative estimate of drug-likeness (QED) is 0.821. The van der Waals surface area contributed by atoms with Crippen LogP contribution >= 0.6 is 23.2 Å². The van der Waals surface area contributed by atoms with Gasteiger partial charge in [-0.1, -0.05) is 6.92 Å². The van der Waals surface area contributed by atoms with Gasteiger partial charge in [0, 0.05) is 0 Å². The Morgan fingerprint density at radius 2 is 1.56 bits per heavy atom. The number of aromatic nitrogens is 3. The van der Waals surface area contributed by atoms with E-state index in [4.69, 9.17) is 27.9 Å². The molecule has 0 aromatic carbocycles. The number of nitrogens with zero attached hydrogens (tertiary/aromatic N) is 3. The summed E-state index contributed by atoms with van der Waals surface area (Å²) in [4.78, 5) is 11.4. The van der Waals surface area contributed by atoms with Crippen molar-refractivity contribution < 1.29 is 4.74 Å². The third-order valence-corrected chi connectivity index (χ3v) is 3.13. The number of ether oxygens (including phenoxy) is 1. The van der Waals surface area contributed by atoms with Crippen LogP contribution in [0.15, 0.2) is 0 Å². The van der Waals surface area contributed by atoms with Crippen molar-refractivity contribution in [3.05, 3.63) is 10.6 Å². The van der Waals surface area contributed by atoms with E-state index in [9.17, 15) is 0 Å². The van der Waals surface area contributed by atoms with Crippen LogP contribution in [0.1, 0.15) is 32.6 Å². The van der Waals surface area contributed by atoms with E-state index in [0.717, 1.165) is 18.8 Å². The predicted octanol–water partition coefficient (Wildman–Crippen LogP) is 3.14. The van der Waals surface area contributed by atoms with E-state index in [1.54, 1.807) is 0 Å². The summed E-state index contributed by atoms with van der Waals surface area (Å²) in [5, 5.41) is 0.137. The van der Waals surface area contributed by atoms with E-state index in [1.165, 1.54) is 12.8 Å². The number of rotatable bonds is 2. The van der Waals surface area contributed by atoms with Gasteiger partial charge in [-0.2, -0.15) is 15.0 Å². The van der Waals surface area contributed by atoms with Crippen molar-refractivity contribution in [3.63, 3.8) is 0 Å². The van der Waals surface area contributed by atoms with E-state index < -0.39 is 0 Å². The topological polar surface area (TPSA) is 47.9 Å². The van der Waals surface area contributed by atoms with E-state index in [1.807, 2.05) is 0 Å². The van der Waals surface area contributed by atoms with Crippen molar-refractivity contribution in [2.24, 2.45) is 5.92 Å². The molecule has 4 nitrogen and oxygen atoms in total. The molecule has 0 aliphatic heterocycles. The minimum atomic E-state index is 0.0687. The first-order chi connectivity index (χ1) is 7.63. The van der Waals surface area contributed by atoms with Gasteiger partial charge < -0.3 is 4.74 Å². The fourth-order valence-corrected chi connectivity index (χ4v) is 2.21. The van der Waals surface area contributed by atoms with Gasteiger partial charge in [0.05, 0.1) is 0 Å². The maximum absolute atomic E-state index is 5.66. The Morgan fingerprint density at radius 1 is 1.00 bits per heavy atom. The van der Waals surface area contributed by atoms with E-state index in [2.05, 4.69) is 21.9 Å². The van der Waals surface area contributed by atoms with Gasteiger partial charge >= 0.3 is 6.01 Å². The Kier molecular flexibility index (Phi) is 3.82. The zero-order valence-corrected chi connectivity index (χ0v) is 10.5. The molecule has 2 rings (SSSR count). The third kappa shape index (κ3) is 3.19. The lowest BCUT2D eigenvalue weighted by molar-refractivity contribution is 0.124. The molecule has 0 unspecified atom stereocenters. The molecule has 1 aliphatic rings. The van der Waals surface area contributed by atoms with Crippen LogP contribution in [0.2, 0.25) is 10.6 Å². The molecule has 1 aromatic heterocycles. The molecule has 0 saturated heterocycles. The summed E-state index contributed by atoms with van der Waals surface area (Å²) in [5.74, 6) is 0.783. The smallest absolute Gasteiger partial charge is 0.322 e. The van der Waals surface area contributed by atoms with Crippen LogP contribution in [0, 0.1) is 5.92 Å². The summed E-state index contributed by atoms with van der Waals surface area (Å²) >= 11 is 11.3. The summed E-state index contributed by atoms with van der Waals surface area (Å²) < 4.78 is 5.63. The van der Waals surface area contributed by atoms with Gasteiger partial charge in [0.15, 0.2) is 0 Å². The fourth-order valence-electron chi connectivity index (χ4n) is 1.86. The van der Waals surface area contributed by atoms with Crippen molar-refractivity contribution in [2.45, 2.75) is 38.7 Å². The Balaban J connectivity index is 1.98. The van der Waals surface area contributed by atoms with Crippen molar-refractivity contribution >= 4 is 23.2 Å². The molecule has 0 amide bonds. The third-order valence-electron chi connectivity index (χ3n) is 2.80. The number of hydrogen-bond donors (Lipinski definition) is 0. The van der Waals surface area contributed by atoms with Gasteiger partial charge in [-0.15, -0.1) is 0 Å². The molecule has 1 aliphatic carbocycles. The molecule has 16 heavy (non-hydrogen) atoms. The highest BCUT2D eigenvalue weighted by molar-refractivity contribution is 6.31. The molecular weight excluding hydrogens is 249 g/mol. The minimum absolute atomic E-state index is 0.0687. The minimum Gasteiger partial charge on any atom is -0.460 e. The fraction of sp³-hybridized carbons (Fsp3) is 0.700. The first-order valence-electron chi connectivity index (χ1n) is 5.37. The maximum atomic E-state index is 5.66. The van der Waals surface area contributed by atoms with E-state index in [-0.39, 0.29) is 22.7 Å². The van der Waals surface area contributed by atoms with Crippen LogP contribution < -0.4 is 4.74 Å². The highest BCUT2D eigenvalue weighted by Gasteiger charge is 2.20. The summed E-state index contributed by atoms with van der Waals surface area (Å²) in [7, 11) is 0. The Bertz CT molecular complexity index is 347. The highest BCUT2D eigenvalue weighted by atomic mass is 35.5.